The van der Waals surface area contributed by atoms with Crippen molar-refractivity contribution in [3.8, 4) is 0 Å². The number of benzene rings is 1. The van der Waals surface area contributed by atoms with Crippen LogP contribution in [0.3, 0.4) is 0 Å². The summed E-state index contributed by atoms with van der Waals surface area (Å²) in [6.07, 6.45) is -0.984. The average molecular weight is 351 g/mol. The summed E-state index contributed by atoms with van der Waals surface area (Å²) in [6.45, 7) is 12.8. The van der Waals surface area contributed by atoms with Gasteiger partial charge in [-0.3, -0.25) is 4.90 Å². The molecule has 1 saturated heterocycles. The highest BCUT2D eigenvalue weighted by molar-refractivity contribution is 6.74. The van der Waals surface area contributed by atoms with E-state index >= 15 is 0 Å². The highest BCUT2D eigenvalue weighted by Gasteiger charge is 2.44. The highest BCUT2D eigenvalue weighted by Crippen LogP contribution is 2.38. The standard InChI is InChI=1S/C18H30N2O3Si/c1-18(2,3)24(4,5)23-16-12-19-11-15(16)20(17(21)22)13-14-9-7-6-8-10-14/h6-10,15-16,19H,11-13H2,1-5H3,(H,21,22). The fraction of sp³-hybridized carbons (Fsp3) is 0.611. The summed E-state index contributed by atoms with van der Waals surface area (Å²) in [6, 6.07) is 9.58. The van der Waals surface area contributed by atoms with Crippen molar-refractivity contribution in [2.75, 3.05) is 13.1 Å². The van der Waals surface area contributed by atoms with Gasteiger partial charge in [0.25, 0.3) is 0 Å². The van der Waals surface area contributed by atoms with E-state index in [1.807, 2.05) is 30.3 Å². The third kappa shape index (κ3) is 4.37. The number of hydrogen-bond acceptors (Lipinski definition) is 3. The molecule has 1 aromatic carbocycles. The third-order valence-corrected chi connectivity index (χ3v) is 9.73. The summed E-state index contributed by atoms with van der Waals surface area (Å²) in [5.41, 5.74) is 0.998. The van der Waals surface area contributed by atoms with Crippen LogP contribution in [-0.4, -0.2) is 49.7 Å². The second-order valence-electron chi connectivity index (χ2n) is 8.04. The molecule has 1 aromatic rings. The van der Waals surface area contributed by atoms with E-state index in [0.717, 1.165) is 5.56 Å². The van der Waals surface area contributed by atoms with Crippen LogP contribution in [0.15, 0.2) is 30.3 Å². The first kappa shape index (κ1) is 19.0. The second kappa shape index (κ2) is 7.25. The van der Waals surface area contributed by atoms with Crippen LogP contribution < -0.4 is 5.32 Å². The molecule has 6 heteroatoms. The minimum absolute atomic E-state index is 0.0919. The van der Waals surface area contributed by atoms with Gasteiger partial charge in [-0.25, -0.2) is 4.79 Å². The van der Waals surface area contributed by atoms with Crippen LogP contribution in [0.4, 0.5) is 4.79 Å². The number of carboxylic acid groups (broad SMARTS) is 1. The van der Waals surface area contributed by atoms with E-state index in [0.29, 0.717) is 19.6 Å². The smallest absolute Gasteiger partial charge is 0.407 e. The molecule has 2 rings (SSSR count). The van der Waals surface area contributed by atoms with Gasteiger partial charge in [-0.1, -0.05) is 51.1 Å². The molecule has 134 valence electrons. The minimum atomic E-state index is -1.94. The Bertz CT molecular complexity index is 557. The molecule has 1 aliphatic rings. The molecule has 24 heavy (non-hydrogen) atoms. The monoisotopic (exact) mass is 350 g/mol. The molecule has 0 saturated carbocycles. The van der Waals surface area contributed by atoms with E-state index in [4.69, 9.17) is 4.43 Å². The lowest BCUT2D eigenvalue weighted by molar-refractivity contribution is 0.0752. The lowest BCUT2D eigenvalue weighted by atomic mass is 10.1. The molecule has 0 aromatic heterocycles. The molecule has 1 aliphatic heterocycles. The van der Waals surface area contributed by atoms with E-state index in [-0.39, 0.29) is 17.2 Å². The Kier molecular flexibility index (Phi) is 5.73. The van der Waals surface area contributed by atoms with Gasteiger partial charge in [0.1, 0.15) is 0 Å². The maximum Gasteiger partial charge on any atom is 0.407 e. The average Bonchev–Trinajstić information content (AvgIpc) is 2.91. The van der Waals surface area contributed by atoms with Gasteiger partial charge in [0.15, 0.2) is 8.32 Å². The summed E-state index contributed by atoms with van der Waals surface area (Å²) in [4.78, 5) is 13.4. The Hall–Kier alpha value is -1.37. The van der Waals surface area contributed by atoms with Crippen LogP contribution in [0.5, 0.6) is 0 Å². The predicted molar refractivity (Wildman–Crippen MR) is 98.7 cm³/mol. The van der Waals surface area contributed by atoms with Crippen molar-refractivity contribution < 1.29 is 14.3 Å². The van der Waals surface area contributed by atoms with Crippen molar-refractivity contribution in [1.29, 1.82) is 0 Å². The number of nitrogens with one attached hydrogen (secondary N) is 1. The Morgan fingerprint density at radius 2 is 1.92 bits per heavy atom. The largest absolute Gasteiger partial charge is 0.465 e. The van der Waals surface area contributed by atoms with Gasteiger partial charge in [-0.2, -0.15) is 0 Å². The lowest BCUT2D eigenvalue weighted by Gasteiger charge is -2.41. The van der Waals surface area contributed by atoms with Gasteiger partial charge in [-0.05, 0) is 23.7 Å². The van der Waals surface area contributed by atoms with Crippen LogP contribution in [0.2, 0.25) is 18.1 Å². The molecular weight excluding hydrogens is 320 g/mol. The number of amides is 1. The number of hydrogen-bond donors (Lipinski definition) is 2. The summed E-state index contributed by atoms with van der Waals surface area (Å²) >= 11 is 0. The van der Waals surface area contributed by atoms with Gasteiger partial charge in [0, 0.05) is 19.6 Å². The van der Waals surface area contributed by atoms with Gasteiger partial charge < -0.3 is 14.8 Å². The molecule has 2 N–H and O–H groups in total. The molecule has 0 radical (unpaired) electrons. The number of carbonyl (C=O) groups is 1. The Morgan fingerprint density at radius 1 is 1.29 bits per heavy atom. The van der Waals surface area contributed by atoms with Gasteiger partial charge >= 0.3 is 6.09 Å². The quantitative estimate of drug-likeness (QED) is 0.798. The van der Waals surface area contributed by atoms with Crippen molar-refractivity contribution in [2.24, 2.45) is 0 Å². The molecular formula is C18H30N2O3Si. The molecule has 1 heterocycles. The summed E-state index contributed by atoms with van der Waals surface area (Å²) in [7, 11) is -1.94. The summed E-state index contributed by atoms with van der Waals surface area (Å²) in [5, 5.41) is 13.1. The van der Waals surface area contributed by atoms with E-state index in [1.165, 1.54) is 4.90 Å². The van der Waals surface area contributed by atoms with E-state index < -0.39 is 14.4 Å². The van der Waals surface area contributed by atoms with Gasteiger partial charge in [0.05, 0.1) is 12.1 Å². The molecule has 0 spiro atoms. The first-order valence-electron chi connectivity index (χ1n) is 8.54. The Balaban J connectivity index is 2.15. The normalized spacial score (nSPS) is 21.7. The van der Waals surface area contributed by atoms with Crippen molar-refractivity contribution in [1.82, 2.24) is 10.2 Å². The zero-order valence-electron chi connectivity index (χ0n) is 15.4. The molecule has 1 fully saturated rings. The van der Waals surface area contributed by atoms with Crippen molar-refractivity contribution in [3.63, 3.8) is 0 Å². The molecule has 5 nitrogen and oxygen atoms in total. The summed E-state index contributed by atoms with van der Waals surface area (Å²) < 4.78 is 6.52. The van der Waals surface area contributed by atoms with Crippen LogP contribution in [0.1, 0.15) is 26.3 Å². The maximum atomic E-state index is 11.9. The SMILES string of the molecule is CC(C)(C)[Si](C)(C)OC1CNCC1N(Cc1ccccc1)C(=O)O. The lowest BCUT2D eigenvalue weighted by Crippen LogP contribution is -2.52. The first-order valence-corrected chi connectivity index (χ1v) is 11.4. The van der Waals surface area contributed by atoms with Crippen molar-refractivity contribution in [2.45, 2.75) is 57.6 Å². The highest BCUT2D eigenvalue weighted by atomic mass is 28.4. The Labute approximate surface area is 146 Å². The molecule has 2 unspecified atom stereocenters. The van der Waals surface area contributed by atoms with Crippen molar-refractivity contribution >= 4 is 14.4 Å². The summed E-state index contributed by atoms with van der Waals surface area (Å²) in [5.74, 6) is 0. The van der Waals surface area contributed by atoms with Crippen molar-refractivity contribution in [3.05, 3.63) is 35.9 Å². The van der Waals surface area contributed by atoms with Gasteiger partial charge in [0.2, 0.25) is 0 Å². The second-order valence-corrected chi connectivity index (χ2v) is 12.8. The minimum Gasteiger partial charge on any atom is -0.465 e. The molecule has 0 bridgehead atoms. The zero-order chi connectivity index (χ0) is 18.0. The first-order chi connectivity index (χ1) is 11.1. The Morgan fingerprint density at radius 3 is 2.46 bits per heavy atom. The van der Waals surface area contributed by atoms with E-state index in [1.54, 1.807) is 0 Å². The maximum absolute atomic E-state index is 11.9. The molecule has 0 aliphatic carbocycles. The van der Waals surface area contributed by atoms with Crippen LogP contribution in [0, 0.1) is 0 Å². The molecule has 1 amide bonds. The van der Waals surface area contributed by atoms with Crippen LogP contribution >= 0.6 is 0 Å². The molecule has 2 atom stereocenters. The predicted octanol–water partition coefficient (Wildman–Crippen LogP) is 3.53. The van der Waals surface area contributed by atoms with Crippen LogP contribution in [0.25, 0.3) is 0 Å². The van der Waals surface area contributed by atoms with E-state index in [9.17, 15) is 9.90 Å². The number of nitrogens with zero attached hydrogens (tertiary/aromatic N) is 1. The zero-order valence-corrected chi connectivity index (χ0v) is 16.4. The fourth-order valence-electron chi connectivity index (χ4n) is 2.73. The topological polar surface area (TPSA) is 61.8 Å². The van der Waals surface area contributed by atoms with E-state index in [2.05, 4.69) is 39.2 Å². The third-order valence-electron chi connectivity index (χ3n) is 5.22. The number of rotatable bonds is 5. The van der Waals surface area contributed by atoms with Crippen LogP contribution in [-0.2, 0) is 11.0 Å². The fourth-order valence-corrected chi connectivity index (χ4v) is 4.08. The van der Waals surface area contributed by atoms with Gasteiger partial charge in [-0.15, -0.1) is 0 Å².